The fraction of sp³-hybridized carbons (Fsp3) is 0.250. The maximum absolute atomic E-state index is 12.1. The Morgan fingerprint density at radius 2 is 1.76 bits per heavy atom. The van der Waals surface area contributed by atoms with Crippen LogP contribution in [0.4, 0.5) is 17.1 Å². The summed E-state index contributed by atoms with van der Waals surface area (Å²) in [6.45, 7) is 0. The summed E-state index contributed by atoms with van der Waals surface area (Å²) in [5, 5.41) is 31.1. The van der Waals surface area contributed by atoms with Gasteiger partial charge in [0.05, 0.1) is 31.1 Å². The molecule has 192 valence electrons. The van der Waals surface area contributed by atoms with Crippen molar-refractivity contribution < 1.29 is 18.3 Å². The van der Waals surface area contributed by atoms with E-state index >= 15 is 0 Å². The van der Waals surface area contributed by atoms with Gasteiger partial charge in [0.1, 0.15) is 0 Å². The predicted octanol–water partition coefficient (Wildman–Crippen LogP) is 5.19. The van der Waals surface area contributed by atoms with Crippen LogP contribution in [0.2, 0.25) is 0 Å². The highest BCUT2D eigenvalue weighted by Gasteiger charge is 2.50. The van der Waals surface area contributed by atoms with Gasteiger partial charge in [0.2, 0.25) is 10.0 Å². The van der Waals surface area contributed by atoms with E-state index in [1.165, 1.54) is 42.1 Å². The second-order valence-electron chi connectivity index (χ2n) is 9.02. The van der Waals surface area contributed by atoms with Crippen LogP contribution in [0.1, 0.15) is 29.5 Å². The third-order valence-electron chi connectivity index (χ3n) is 6.89. The first kappa shape index (κ1) is 25.5. The highest BCUT2D eigenvalue weighted by atomic mass is 35.5. The van der Waals surface area contributed by atoms with Crippen molar-refractivity contribution in [3.05, 3.63) is 98.1 Å². The molecule has 0 unspecified atom stereocenters. The van der Waals surface area contributed by atoms with Crippen molar-refractivity contribution in [3.63, 3.8) is 0 Å². The Morgan fingerprint density at radius 1 is 1.00 bits per heavy atom. The third kappa shape index (κ3) is 4.77. The van der Waals surface area contributed by atoms with Gasteiger partial charge < -0.3 is 5.32 Å². The molecule has 10 nitrogen and oxygen atoms in total. The van der Waals surface area contributed by atoms with Crippen LogP contribution in [0.5, 0.6) is 0 Å². The van der Waals surface area contributed by atoms with Crippen LogP contribution in [-0.4, -0.2) is 28.9 Å². The van der Waals surface area contributed by atoms with E-state index in [9.17, 15) is 28.6 Å². The molecule has 3 aromatic rings. The Balaban J connectivity index is 1.59. The highest BCUT2D eigenvalue weighted by molar-refractivity contribution is 8.00. The van der Waals surface area contributed by atoms with Crippen LogP contribution in [0.3, 0.4) is 0 Å². The molecule has 1 fully saturated rings. The van der Waals surface area contributed by atoms with E-state index in [1.807, 2.05) is 0 Å². The molecule has 37 heavy (non-hydrogen) atoms. The number of sulfonamides is 1. The molecule has 5 atom stereocenters. The number of nitro benzene ring substituents is 2. The van der Waals surface area contributed by atoms with Gasteiger partial charge in [-0.1, -0.05) is 24.3 Å². The zero-order valence-corrected chi connectivity index (χ0v) is 21.4. The molecule has 5 rings (SSSR count). The summed E-state index contributed by atoms with van der Waals surface area (Å²) in [5.74, 6) is -0.503. The molecule has 1 heterocycles. The summed E-state index contributed by atoms with van der Waals surface area (Å²) in [5.41, 5.74) is 1.98. The van der Waals surface area contributed by atoms with Crippen molar-refractivity contribution in [3.8, 4) is 0 Å². The lowest BCUT2D eigenvalue weighted by atomic mass is 9.77. The van der Waals surface area contributed by atoms with E-state index in [4.69, 9.17) is 16.7 Å². The predicted molar refractivity (Wildman–Crippen MR) is 141 cm³/mol. The average molecular weight is 561 g/mol. The van der Waals surface area contributed by atoms with Gasteiger partial charge in [-0.15, -0.1) is 23.4 Å². The average Bonchev–Trinajstić information content (AvgIpc) is 3.19. The number of nitrogens with one attached hydrogen (secondary N) is 1. The number of nitrogens with zero attached hydrogens (tertiary/aromatic N) is 2. The van der Waals surface area contributed by atoms with Crippen molar-refractivity contribution >= 4 is 50.4 Å². The number of primary sulfonamides is 1. The molecule has 2 aliphatic rings. The highest BCUT2D eigenvalue weighted by Crippen LogP contribution is 2.58. The van der Waals surface area contributed by atoms with E-state index in [1.54, 1.807) is 36.4 Å². The van der Waals surface area contributed by atoms with Gasteiger partial charge in [-0.2, -0.15) is 0 Å². The number of rotatable bonds is 6. The quantitative estimate of drug-likeness (QED) is 0.237. The van der Waals surface area contributed by atoms with Crippen LogP contribution in [0, 0.1) is 26.1 Å². The SMILES string of the molecule is NS(=O)(=O)c1ccc2c(c1)[C@@H]1[C@H](Cl)[C@H](Sc3ccccc3[N+](=O)[O-])C[C@H]1[C@H](c1cccc([N+](=O)[O-])c1)N2. The smallest absolute Gasteiger partial charge is 0.282 e. The topological polar surface area (TPSA) is 158 Å². The first-order valence-electron chi connectivity index (χ1n) is 11.3. The third-order valence-corrected chi connectivity index (χ3v) is 9.92. The minimum Gasteiger partial charge on any atom is -0.378 e. The summed E-state index contributed by atoms with van der Waals surface area (Å²) in [6.07, 6.45) is 0.537. The van der Waals surface area contributed by atoms with Gasteiger partial charge in [0.25, 0.3) is 11.4 Å². The molecular formula is C24H21ClN4O6S2. The Hall–Kier alpha value is -3.19. The lowest BCUT2D eigenvalue weighted by molar-refractivity contribution is -0.387. The van der Waals surface area contributed by atoms with Gasteiger partial charge in [-0.3, -0.25) is 20.2 Å². The van der Waals surface area contributed by atoms with Gasteiger partial charge in [-0.05, 0) is 47.7 Å². The van der Waals surface area contributed by atoms with Gasteiger partial charge >= 0.3 is 0 Å². The number of halogens is 1. The van der Waals surface area contributed by atoms with E-state index in [2.05, 4.69) is 5.32 Å². The number of hydrogen-bond acceptors (Lipinski definition) is 8. The van der Waals surface area contributed by atoms with Crippen molar-refractivity contribution in [1.29, 1.82) is 0 Å². The molecular weight excluding hydrogens is 540 g/mol. The number of alkyl halides is 1. The van der Waals surface area contributed by atoms with Crippen molar-refractivity contribution in [2.45, 2.75) is 38.8 Å². The molecule has 1 aliphatic heterocycles. The number of non-ortho nitro benzene ring substituents is 1. The Bertz CT molecular complexity index is 1520. The number of hydrogen-bond donors (Lipinski definition) is 2. The zero-order valence-electron chi connectivity index (χ0n) is 19.1. The Morgan fingerprint density at radius 3 is 2.46 bits per heavy atom. The van der Waals surface area contributed by atoms with E-state index < -0.39 is 25.2 Å². The molecule has 0 saturated heterocycles. The van der Waals surface area contributed by atoms with Crippen LogP contribution >= 0.6 is 23.4 Å². The number of benzene rings is 3. The summed E-state index contributed by atoms with van der Waals surface area (Å²) in [7, 11) is -3.97. The van der Waals surface area contributed by atoms with Crippen molar-refractivity contribution in [2.75, 3.05) is 5.32 Å². The molecule has 0 spiro atoms. The first-order chi connectivity index (χ1) is 17.5. The zero-order chi connectivity index (χ0) is 26.5. The molecule has 0 radical (unpaired) electrons. The number of fused-ring (bicyclic) bond motifs is 3. The second kappa shape index (κ2) is 9.60. The second-order valence-corrected chi connectivity index (χ2v) is 12.4. The summed E-state index contributed by atoms with van der Waals surface area (Å²) >= 11 is 8.37. The minimum absolute atomic E-state index is 0.0171. The maximum Gasteiger partial charge on any atom is 0.282 e. The monoisotopic (exact) mass is 560 g/mol. The largest absolute Gasteiger partial charge is 0.378 e. The van der Waals surface area contributed by atoms with Gasteiger partial charge in [0.15, 0.2) is 0 Å². The summed E-state index contributed by atoms with van der Waals surface area (Å²) in [4.78, 5) is 22.5. The summed E-state index contributed by atoms with van der Waals surface area (Å²) < 4.78 is 24.2. The maximum atomic E-state index is 12.1. The molecule has 1 saturated carbocycles. The number of nitrogens with two attached hydrogens (primary N) is 1. The normalized spacial score (nSPS) is 24.5. The van der Waals surface area contributed by atoms with Crippen LogP contribution in [0.25, 0.3) is 0 Å². The van der Waals surface area contributed by atoms with E-state index in [0.717, 1.165) is 0 Å². The van der Waals surface area contributed by atoms with E-state index in [0.29, 0.717) is 28.1 Å². The number of nitro groups is 2. The van der Waals surface area contributed by atoms with Gasteiger partial charge in [0, 0.05) is 35.1 Å². The molecule has 13 heteroatoms. The van der Waals surface area contributed by atoms with Crippen LogP contribution < -0.4 is 10.5 Å². The van der Waals surface area contributed by atoms with Gasteiger partial charge in [-0.25, -0.2) is 13.6 Å². The minimum atomic E-state index is -3.97. The molecule has 0 amide bonds. The molecule has 3 aromatic carbocycles. The number of anilines is 1. The lowest BCUT2D eigenvalue weighted by Crippen LogP contribution is -2.31. The number of thioether (sulfide) groups is 1. The van der Waals surface area contributed by atoms with Crippen LogP contribution in [0.15, 0.2) is 76.5 Å². The lowest BCUT2D eigenvalue weighted by Gasteiger charge is -2.38. The fourth-order valence-electron chi connectivity index (χ4n) is 5.30. The first-order valence-corrected chi connectivity index (χ1v) is 14.1. The fourth-order valence-corrected chi connectivity index (χ4v) is 7.80. The van der Waals surface area contributed by atoms with Crippen LogP contribution in [-0.2, 0) is 10.0 Å². The Kier molecular flexibility index (Phi) is 6.61. The molecule has 1 aliphatic carbocycles. The summed E-state index contributed by atoms with van der Waals surface area (Å²) in [6, 6.07) is 17.0. The standard InChI is InChI=1S/C24H21ClN4O6S2/c25-23-21(36-20-7-2-1-6-19(20)29(32)33)12-17-22(23)16-11-15(37(26,34)35)8-9-18(16)27-24(17)13-4-3-5-14(10-13)28(30)31/h1-11,17,21-24,27H,12H2,(H2,26,34,35)/t17-,21-,22+,23-,24+/m1/s1. The number of para-hydroxylation sites is 1. The van der Waals surface area contributed by atoms with Crippen molar-refractivity contribution in [2.24, 2.45) is 11.1 Å². The molecule has 3 N–H and O–H groups in total. The molecule has 0 bridgehead atoms. The van der Waals surface area contributed by atoms with E-state index in [-0.39, 0.29) is 39.4 Å². The van der Waals surface area contributed by atoms with Crippen molar-refractivity contribution in [1.82, 2.24) is 0 Å². The Labute approximate surface area is 221 Å². The molecule has 0 aromatic heterocycles.